The van der Waals surface area contributed by atoms with Crippen LogP contribution in [0.5, 0.6) is 5.75 Å². The number of carbonyl (C=O) groups excluding carboxylic acids is 1. The molecule has 1 aliphatic rings. The van der Waals surface area contributed by atoms with Crippen molar-refractivity contribution < 1.29 is 9.53 Å². The predicted octanol–water partition coefficient (Wildman–Crippen LogP) is 4.25. The maximum Gasteiger partial charge on any atom is 0.165 e. The second-order valence-corrected chi connectivity index (χ2v) is 5.29. The first-order chi connectivity index (χ1) is 9.83. The molecule has 0 radical (unpaired) electrons. The highest BCUT2D eigenvalue weighted by atomic mass is 16.5. The maximum atomic E-state index is 12.1. The van der Waals surface area contributed by atoms with Gasteiger partial charge in [0.1, 0.15) is 12.4 Å². The molecule has 0 N–H and O–H groups in total. The van der Waals surface area contributed by atoms with Gasteiger partial charge in [0.25, 0.3) is 0 Å². The molecule has 0 spiro atoms. The molecule has 0 unspecified atom stereocenters. The van der Waals surface area contributed by atoms with Gasteiger partial charge in [-0.25, -0.2) is 0 Å². The molecule has 0 heterocycles. The topological polar surface area (TPSA) is 26.3 Å². The van der Waals surface area contributed by atoms with E-state index in [1.807, 2.05) is 54.6 Å². The van der Waals surface area contributed by atoms with Crippen molar-refractivity contribution in [2.75, 3.05) is 0 Å². The summed E-state index contributed by atoms with van der Waals surface area (Å²) < 4.78 is 5.72. The van der Waals surface area contributed by atoms with E-state index >= 15 is 0 Å². The fourth-order valence-electron chi connectivity index (χ4n) is 2.36. The third kappa shape index (κ3) is 2.90. The number of ether oxygens (including phenoxy) is 1. The van der Waals surface area contributed by atoms with Crippen molar-refractivity contribution in [2.45, 2.75) is 25.9 Å². The van der Waals surface area contributed by atoms with Crippen LogP contribution in [0.2, 0.25) is 0 Å². The highest BCUT2D eigenvalue weighted by Crippen LogP contribution is 2.30. The lowest BCUT2D eigenvalue weighted by molar-refractivity contribution is 0.0855. The Balaban J connectivity index is 1.60. The summed E-state index contributed by atoms with van der Waals surface area (Å²) in [5.74, 6) is 1.34. The van der Waals surface area contributed by atoms with Gasteiger partial charge in [0, 0.05) is 11.5 Å². The zero-order valence-corrected chi connectivity index (χ0v) is 11.4. The van der Waals surface area contributed by atoms with Crippen LogP contribution in [0.15, 0.2) is 54.6 Å². The van der Waals surface area contributed by atoms with E-state index in [0.717, 1.165) is 29.7 Å². The van der Waals surface area contributed by atoms with Crippen molar-refractivity contribution in [2.24, 2.45) is 5.92 Å². The number of ketones is 1. The molecule has 2 nitrogen and oxygen atoms in total. The number of carbonyl (C=O) groups is 1. The van der Waals surface area contributed by atoms with E-state index in [1.54, 1.807) is 0 Å². The highest BCUT2D eigenvalue weighted by Gasteiger charge is 2.25. The predicted molar refractivity (Wildman–Crippen MR) is 78.9 cm³/mol. The summed E-state index contributed by atoms with van der Waals surface area (Å²) in [6, 6.07) is 17.6. The molecular weight excluding hydrogens is 248 g/mol. The van der Waals surface area contributed by atoms with Gasteiger partial charge in [0.05, 0.1) is 0 Å². The van der Waals surface area contributed by atoms with Crippen molar-refractivity contribution in [1.29, 1.82) is 0 Å². The molecule has 3 rings (SSSR count). The quantitative estimate of drug-likeness (QED) is 0.756. The van der Waals surface area contributed by atoms with Gasteiger partial charge in [-0.2, -0.15) is 0 Å². The number of rotatable bonds is 5. The van der Waals surface area contributed by atoms with Gasteiger partial charge in [-0.05, 0) is 42.7 Å². The van der Waals surface area contributed by atoms with E-state index in [9.17, 15) is 4.79 Å². The summed E-state index contributed by atoms with van der Waals surface area (Å²) in [6.45, 7) is 0.552. The Morgan fingerprint density at radius 3 is 2.30 bits per heavy atom. The molecule has 0 aliphatic heterocycles. The molecule has 102 valence electrons. The number of benzene rings is 2. The number of Topliss-reactive ketones (excluding diaryl/α,β-unsaturated/α-hetero) is 1. The summed E-state index contributed by atoms with van der Waals surface area (Å²) in [7, 11) is 0. The second-order valence-electron chi connectivity index (χ2n) is 5.29. The lowest BCUT2D eigenvalue weighted by atomic mass is 9.80. The van der Waals surface area contributed by atoms with Crippen LogP contribution in [0.3, 0.4) is 0 Å². The molecule has 0 atom stereocenters. The molecular formula is C18H18O2. The maximum absolute atomic E-state index is 12.1. The first-order valence-corrected chi connectivity index (χ1v) is 7.14. The van der Waals surface area contributed by atoms with Crippen molar-refractivity contribution in [3.8, 4) is 5.75 Å². The van der Waals surface area contributed by atoms with Gasteiger partial charge in [-0.3, -0.25) is 4.79 Å². The second kappa shape index (κ2) is 5.91. The average Bonchev–Trinajstić information content (AvgIpc) is 2.45. The van der Waals surface area contributed by atoms with E-state index in [-0.39, 0.29) is 11.7 Å². The van der Waals surface area contributed by atoms with Crippen LogP contribution in [0.1, 0.15) is 35.2 Å². The Labute approximate surface area is 119 Å². The Kier molecular flexibility index (Phi) is 3.82. The fraction of sp³-hybridized carbons (Fsp3) is 0.278. The van der Waals surface area contributed by atoms with Crippen molar-refractivity contribution in [1.82, 2.24) is 0 Å². The van der Waals surface area contributed by atoms with Crippen LogP contribution < -0.4 is 4.74 Å². The van der Waals surface area contributed by atoms with Crippen molar-refractivity contribution in [3.63, 3.8) is 0 Å². The average molecular weight is 266 g/mol. The molecule has 0 aromatic heterocycles. The minimum Gasteiger partial charge on any atom is -0.489 e. The highest BCUT2D eigenvalue weighted by molar-refractivity contribution is 5.98. The van der Waals surface area contributed by atoms with Gasteiger partial charge >= 0.3 is 0 Å². The fourth-order valence-corrected chi connectivity index (χ4v) is 2.36. The summed E-state index contributed by atoms with van der Waals surface area (Å²) in [6.07, 6.45) is 3.28. The van der Waals surface area contributed by atoms with Gasteiger partial charge in [0.15, 0.2) is 5.78 Å². The molecule has 1 fully saturated rings. The minimum atomic E-state index is 0.256. The standard InChI is InChI=1S/C18H18O2/c19-18(15-7-4-8-15)16-9-11-17(12-10-16)20-13-14-5-2-1-3-6-14/h1-3,5-6,9-12,15H,4,7-8,13H2. The minimum absolute atomic E-state index is 0.256. The SMILES string of the molecule is O=C(c1ccc(OCc2ccccc2)cc1)C1CCC1. The summed E-state index contributed by atoms with van der Waals surface area (Å²) >= 11 is 0. The van der Waals surface area contributed by atoms with Gasteiger partial charge in [-0.15, -0.1) is 0 Å². The number of hydrogen-bond donors (Lipinski definition) is 0. The largest absolute Gasteiger partial charge is 0.489 e. The van der Waals surface area contributed by atoms with Gasteiger partial charge in [-0.1, -0.05) is 36.8 Å². The Bertz CT molecular complexity index is 568. The van der Waals surface area contributed by atoms with Crippen LogP contribution in [-0.2, 0) is 6.61 Å². The molecule has 2 aromatic carbocycles. The van der Waals surface area contributed by atoms with Crippen LogP contribution in [-0.4, -0.2) is 5.78 Å². The zero-order chi connectivity index (χ0) is 13.8. The zero-order valence-electron chi connectivity index (χ0n) is 11.4. The molecule has 2 heteroatoms. The molecule has 1 saturated carbocycles. The van der Waals surface area contributed by atoms with E-state index < -0.39 is 0 Å². The smallest absolute Gasteiger partial charge is 0.165 e. The Morgan fingerprint density at radius 2 is 1.70 bits per heavy atom. The summed E-state index contributed by atoms with van der Waals surface area (Å²) in [4.78, 5) is 12.1. The third-order valence-electron chi connectivity index (χ3n) is 3.86. The third-order valence-corrected chi connectivity index (χ3v) is 3.86. The van der Waals surface area contributed by atoms with E-state index in [2.05, 4.69) is 0 Å². The van der Waals surface area contributed by atoms with E-state index in [0.29, 0.717) is 6.61 Å². The number of hydrogen-bond acceptors (Lipinski definition) is 2. The first-order valence-electron chi connectivity index (χ1n) is 7.14. The van der Waals surface area contributed by atoms with Gasteiger partial charge in [0.2, 0.25) is 0 Å². The molecule has 0 saturated heterocycles. The van der Waals surface area contributed by atoms with Crippen LogP contribution in [0.4, 0.5) is 0 Å². The monoisotopic (exact) mass is 266 g/mol. The van der Waals surface area contributed by atoms with Crippen LogP contribution in [0, 0.1) is 5.92 Å². The molecule has 1 aliphatic carbocycles. The van der Waals surface area contributed by atoms with Crippen LogP contribution >= 0.6 is 0 Å². The Hall–Kier alpha value is -2.09. The van der Waals surface area contributed by atoms with E-state index in [4.69, 9.17) is 4.74 Å². The van der Waals surface area contributed by atoms with Crippen molar-refractivity contribution >= 4 is 5.78 Å². The summed E-state index contributed by atoms with van der Waals surface area (Å²) in [5, 5.41) is 0. The first kappa shape index (κ1) is 12.9. The Morgan fingerprint density at radius 1 is 1.00 bits per heavy atom. The lowest BCUT2D eigenvalue weighted by Gasteiger charge is -2.23. The normalized spacial score (nSPS) is 14.6. The summed E-state index contributed by atoms with van der Waals surface area (Å²) in [5.41, 5.74) is 1.95. The molecule has 0 amide bonds. The van der Waals surface area contributed by atoms with Crippen LogP contribution in [0.25, 0.3) is 0 Å². The van der Waals surface area contributed by atoms with Gasteiger partial charge < -0.3 is 4.74 Å². The lowest BCUT2D eigenvalue weighted by Crippen LogP contribution is -2.21. The van der Waals surface area contributed by atoms with Crippen molar-refractivity contribution in [3.05, 3.63) is 65.7 Å². The molecule has 0 bridgehead atoms. The molecule has 2 aromatic rings. The molecule has 20 heavy (non-hydrogen) atoms. The van der Waals surface area contributed by atoms with E-state index in [1.165, 1.54) is 6.42 Å².